The highest BCUT2D eigenvalue weighted by atomic mass is 16.1. The molecule has 0 spiro atoms. The number of amides is 1. The summed E-state index contributed by atoms with van der Waals surface area (Å²) in [5, 5.41) is 6.00. The van der Waals surface area contributed by atoms with E-state index in [0.29, 0.717) is 18.9 Å². The van der Waals surface area contributed by atoms with E-state index in [1.54, 1.807) is 13.4 Å². The first-order chi connectivity index (χ1) is 10.0. The fourth-order valence-corrected chi connectivity index (χ4v) is 2.11. The monoisotopic (exact) mass is 293 g/mol. The van der Waals surface area contributed by atoms with Gasteiger partial charge >= 0.3 is 0 Å². The molecule has 6 nitrogen and oxygen atoms in total. The lowest BCUT2D eigenvalue weighted by Gasteiger charge is -2.24. The Balaban J connectivity index is 2.96. The molecule has 0 radical (unpaired) electrons. The van der Waals surface area contributed by atoms with Crippen molar-refractivity contribution in [2.45, 2.75) is 39.5 Å². The van der Waals surface area contributed by atoms with Crippen LogP contribution in [0.3, 0.4) is 0 Å². The van der Waals surface area contributed by atoms with E-state index in [0.717, 1.165) is 30.2 Å². The van der Waals surface area contributed by atoms with Gasteiger partial charge in [-0.15, -0.1) is 0 Å². The molecule has 1 heterocycles. The average Bonchev–Trinajstić information content (AvgIpc) is 2.49. The van der Waals surface area contributed by atoms with E-state index in [9.17, 15) is 4.79 Å². The van der Waals surface area contributed by atoms with E-state index in [4.69, 9.17) is 0 Å². The summed E-state index contributed by atoms with van der Waals surface area (Å²) < 4.78 is 0. The molecule has 0 atom stereocenters. The Morgan fingerprint density at radius 1 is 1.38 bits per heavy atom. The number of hydrogen-bond donors (Lipinski definition) is 2. The molecule has 0 aliphatic heterocycles. The average molecular weight is 293 g/mol. The first-order valence-electron chi connectivity index (χ1n) is 7.51. The Bertz CT molecular complexity index is 461. The third-order valence-electron chi connectivity index (χ3n) is 3.30. The molecule has 0 fully saturated rings. The normalized spacial score (nSPS) is 10.6. The molecule has 0 bridgehead atoms. The Hall–Kier alpha value is -1.85. The quantitative estimate of drug-likeness (QED) is 0.767. The number of carbonyl (C=O) groups excluding carboxylic acids is 1. The van der Waals surface area contributed by atoms with Crippen molar-refractivity contribution >= 4 is 17.5 Å². The lowest BCUT2D eigenvalue weighted by Crippen LogP contribution is -2.28. The SMILES string of the molecule is CCCNc1ncnc(N(C)CCC(=O)NC)c1C(C)C. The maximum Gasteiger partial charge on any atom is 0.221 e. The van der Waals surface area contributed by atoms with Gasteiger partial charge in [-0.05, 0) is 12.3 Å². The van der Waals surface area contributed by atoms with E-state index in [1.165, 1.54) is 0 Å². The lowest BCUT2D eigenvalue weighted by molar-refractivity contribution is -0.120. The summed E-state index contributed by atoms with van der Waals surface area (Å²) in [6.45, 7) is 7.90. The molecule has 2 N–H and O–H groups in total. The third kappa shape index (κ3) is 4.88. The summed E-state index contributed by atoms with van der Waals surface area (Å²) in [6.07, 6.45) is 3.07. The minimum atomic E-state index is 0.0336. The molecule has 6 heteroatoms. The van der Waals surface area contributed by atoms with Gasteiger partial charge in [0.2, 0.25) is 5.91 Å². The molecule has 1 aromatic heterocycles. The van der Waals surface area contributed by atoms with E-state index < -0.39 is 0 Å². The van der Waals surface area contributed by atoms with E-state index in [1.807, 2.05) is 11.9 Å². The molecular formula is C15H27N5O. The minimum absolute atomic E-state index is 0.0336. The van der Waals surface area contributed by atoms with Gasteiger partial charge in [-0.1, -0.05) is 20.8 Å². The van der Waals surface area contributed by atoms with Crippen LogP contribution in [0.5, 0.6) is 0 Å². The summed E-state index contributed by atoms with van der Waals surface area (Å²) in [5.41, 5.74) is 1.10. The number of aromatic nitrogens is 2. The van der Waals surface area contributed by atoms with Crippen LogP contribution in [-0.2, 0) is 4.79 Å². The van der Waals surface area contributed by atoms with Crippen molar-refractivity contribution in [3.63, 3.8) is 0 Å². The van der Waals surface area contributed by atoms with Gasteiger partial charge in [0.05, 0.1) is 0 Å². The summed E-state index contributed by atoms with van der Waals surface area (Å²) in [5.74, 6) is 2.13. The second-order valence-electron chi connectivity index (χ2n) is 5.39. The highest BCUT2D eigenvalue weighted by Gasteiger charge is 2.18. The second-order valence-corrected chi connectivity index (χ2v) is 5.39. The maximum absolute atomic E-state index is 11.4. The predicted molar refractivity (Wildman–Crippen MR) is 86.9 cm³/mol. The highest BCUT2D eigenvalue weighted by Crippen LogP contribution is 2.30. The molecule has 0 aromatic carbocycles. The van der Waals surface area contributed by atoms with E-state index in [2.05, 4.69) is 41.4 Å². The van der Waals surface area contributed by atoms with Crippen molar-refractivity contribution in [1.82, 2.24) is 15.3 Å². The maximum atomic E-state index is 11.4. The summed E-state index contributed by atoms with van der Waals surface area (Å²) in [7, 11) is 3.61. The van der Waals surface area contributed by atoms with Crippen molar-refractivity contribution < 1.29 is 4.79 Å². The van der Waals surface area contributed by atoms with Crippen molar-refractivity contribution in [3.8, 4) is 0 Å². The van der Waals surface area contributed by atoms with Crippen molar-refractivity contribution in [2.24, 2.45) is 0 Å². The van der Waals surface area contributed by atoms with Crippen molar-refractivity contribution in [2.75, 3.05) is 37.4 Å². The number of rotatable bonds is 8. The molecule has 21 heavy (non-hydrogen) atoms. The van der Waals surface area contributed by atoms with Crippen molar-refractivity contribution in [3.05, 3.63) is 11.9 Å². The van der Waals surface area contributed by atoms with Gasteiger partial charge in [0.15, 0.2) is 0 Å². The summed E-state index contributed by atoms with van der Waals surface area (Å²) in [4.78, 5) is 22.2. The van der Waals surface area contributed by atoms with Crippen LogP contribution in [-0.4, -0.2) is 43.1 Å². The van der Waals surface area contributed by atoms with Gasteiger partial charge in [0, 0.05) is 39.2 Å². The molecular weight excluding hydrogens is 266 g/mol. The smallest absolute Gasteiger partial charge is 0.221 e. The Labute approximate surface area is 127 Å². The number of carbonyl (C=O) groups is 1. The van der Waals surface area contributed by atoms with Crippen LogP contribution >= 0.6 is 0 Å². The van der Waals surface area contributed by atoms with Gasteiger partial charge in [0.25, 0.3) is 0 Å². The van der Waals surface area contributed by atoms with Gasteiger partial charge in [0.1, 0.15) is 18.0 Å². The molecule has 118 valence electrons. The van der Waals surface area contributed by atoms with Crippen molar-refractivity contribution in [1.29, 1.82) is 0 Å². The summed E-state index contributed by atoms with van der Waals surface area (Å²) >= 11 is 0. The van der Waals surface area contributed by atoms with Crippen LogP contribution in [0.2, 0.25) is 0 Å². The molecule has 1 aromatic rings. The largest absolute Gasteiger partial charge is 0.370 e. The number of anilines is 2. The third-order valence-corrected chi connectivity index (χ3v) is 3.30. The standard InChI is InChI=1S/C15H27N5O/c1-6-8-17-14-13(11(2)3)15(19-10-18-14)20(5)9-7-12(21)16-4/h10-11H,6-9H2,1-5H3,(H,16,21)(H,17,18,19). The van der Waals surface area contributed by atoms with Crippen LogP contribution in [0.25, 0.3) is 0 Å². The Morgan fingerprint density at radius 3 is 2.67 bits per heavy atom. The van der Waals surface area contributed by atoms with Crippen LogP contribution in [0, 0.1) is 0 Å². The molecule has 0 unspecified atom stereocenters. The van der Waals surface area contributed by atoms with Crippen LogP contribution in [0.4, 0.5) is 11.6 Å². The van der Waals surface area contributed by atoms with E-state index in [-0.39, 0.29) is 5.91 Å². The zero-order valence-electron chi connectivity index (χ0n) is 13.7. The molecule has 1 rings (SSSR count). The molecule has 1 amide bonds. The number of nitrogens with one attached hydrogen (secondary N) is 2. The zero-order chi connectivity index (χ0) is 15.8. The fraction of sp³-hybridized carbons (Fsp3) is 0.667. The molecule has 0 saturated heterocycles. The van der Waals surface area contributed by atoms with Crippen LogP contribution in [0.1, 0.15) is 45.1 Å². The lowest BCUT2D eigenvalue weighted by atomic mass is 10.0. The van der Waals surface area contributed by atoms with Gasteiger partial charge < -0.3 is 15.5 Å². The predicted octanol–water partition coefficient (Wildman–Crippen LogP) is 1.99. The number of nitrogens with zero attached hydrogens (tertiary/aromatic N) is 3. The molecule has 0 aliphatic rings. The van der Waals surface area contributed by atoms with Crippen LogP contribution in [0.15, 0.2) is 6.33 Å². The fourth-order valence-electron chi connectivity index (χ4n) is 2.11. The van der Waals surface area contributed by atoms with Gasteiger partial charge in [-0.25, -0.2) is 9.97 Å². The Kier molecular flexibility index (Phi) is 6.91. The summed E-state index contributed by atoms with van der Waals surface area (Å²) in [6, 6.07) is 0. The highest BCUT2D eigenvalue weighted by molar-refractivity contribution is 5.76. The minimum Gasteiger partial charge on any atom is -0.370 e. The topological polar surface area (TPSA) is 70.2 Å². The van der Waals surface area contributed by atoms with E-state index >= 15 is 0 Å². The van der Waals surface area contributed by atoms with Gasteiger partial charge in [-0.3, -0.25) is 4.79 Å². The van der Waals surface area contributed by atoms with Crippen LogP contribution < -0.4 is 15.5 Å². The van der Waals surface area contributed by atoms with Gasteiger partial charge in [-0.2, -0.15) is 0 Å². The first kappa shape index (κ1) is 17.2. The zero-order valence-corrected chi connectivity index (χ0v) is 13.7. The first-order valence-corrected chi connectivity index (χ1v) is 7.51. The second kappa shape index (κ2) is 8.44. The molecule has 0 aliphatic carbocycles. The number of hydrogen-bond acceptors (Lipinski definition) is 5. The molecule has 0 saturated carbocycles. The Morgan fingerprint density at radius 2 is 2.10 bits per heavy atom.